The van der Waals surface area contributed by atoms with E-state index in [1.165, 1.54) is 6.07 Å². The summed E-state index contributed by atoms with van der Waals surface area (Å²) in [7, 11) is 0. The fraction of sp³-hybridized carbons (Fsp3) is 0.500. The van der Waals surface area contributed by atoms with Gasteiger partial charge in [-0.05, 0) is 18.4 Å². The molecule has 0 bridgehead atoms. The second kappa shape index (κ2) is 5.21. The van der Waals surface area contributed by atoms with Gasteiger partial charge in [0.1, 0.15) is 0 Å². The van der Waals surface area contributed by atoms with Gasteiger partial charge in [-0.2, -0.15) is 0 Å². The van der Waals surface area contributed by atoms with Gasteiger partial charge in [0.25, 0.3) is 0 Å². The van der Waals surface area contributed by atoms with Crippen molar-refractivity contribution in [1.82, 2.24) is 0 Å². The van der Waals surface area contributed by atoms with Gasteiger partial charge in [0, 0.05) is 11.6 Å². The van der Waals surface area contributed by atoms with Crippen LogP contribution in [0.2, 0.25) is 0 Å². The maximum absolute atomic E-state index is 13.4. The second-order valence-electron chi connectivity index (χ2n) is 3.93. The van der Waals surface area contributed by atoms with Crippen LogP contribution in [0.1, 0.15) is 38.3 Å². The number of nitrogens with two attached hydrogens (primary N) is 1. The van der Waals surface area contributed by atoms with Crippen molar-refractivity contribution in [3.8, 4) is 0 Å². The van der Waals surface area contributed by atoms with Gasteiger partial charge in [-0.3, -0.25) is 0 Å². The van der Waals surface area contributed by atoms with Gasteiger partial charge in [0.2, 0.25) is 0 Å². The Kier molecular flexibility index (Phi) is 4.21. The van der Waals surface area contributed by atoms with Crippen molar-refractivity contribution in [2.75, 3.05) is 0 Å². The fourth-order valence-electron chi connectivity index (χ4n) is 1.72. The van der Waals surface area contributed by atoms with E-state index in [4.69, 9.17) is 5.73 Å². The normalized spacial score (nSPS) is 15.0. The zero-order valence-electron chi connectivity index (χ0n) is 9.13. The highest BCUT2D eigenvalue weighted by Gasteiger charge is 2.19. The SMILES string of the molecule is CCCC(C)C(N)c1cccc(F)c1F. The summed E-state index contributed by atoms with van der Waals surface area (Å²) in [4.78, 5) is 0. The summed E-state index contributed by atoms with van der Waals surface area (Å²) in [5, 5.41) is 0. The molecular weight excluding hydrogens is 196 g/mol. The Hall–Kier alpha value is -0.960. The smallest absolute Gasteiger partial charge is 0.163 e. The van der Waals surface area contributed by atoms with Crippen LogP contribution in [0.25, 0.3) is 0 Å². The summed E-state index contributed by atoms with van der Waals surface area (Å²) >= 11 is 0. The molecule has 1 nitrogen and oxygen atoms in total. The summed E-state index contributed by atoms with van der Waals surface area (Å²) in [6, 6.07) is 3.72. The van der Waals surface area contributed by atoms with Crippen molar-refractivity contribution in [3.63, 3.8) is 0 Å². The number of rotatable bonds is 4. The Bertz CT molecular complexity index is 325. The van der Waals surface area contributed by atoms with Crippen molar-refractivity contribution in [2.24, 2.45) is 11.7 Å². The molecule has 15 heavy (non-hydrogen) atoms. The van der Waals surface area contributed by atoms with Crippen LogP contribution in [0.3, 0.4) is 0 Å². The summed E-state index contributed by atoms with van der Waals surface area (Å²) in [6.07, 6.45) is 1.91. The molecule has 0 aliphatic rings. The zero-order valence-corrected chi connectivity index (χ0v) is 9.13. The van der Waals surface area contributed by atoms with E-state index in [-0.39, 0.29) is 11.5 Å². The van der Waals surface area contributed by atoms with Crippen LogP contribution in [0.4, 0.5) is 8.78 Å². The van der Waals surface area contributed by atoms with Crippen molar-refractivity contribution in [3.05, 3.63) is 35.4 Å². The third-order valence-corrected chi connectivity index (χ3v) is 2.70. The first kappa shape index (κ1) is 12.1. The molecule has 0 saturated heterocycles. The monoisotopic (exact) mass is 213 g/mol. The molecule has 2 unspecified atom stereocenters. The van der Waals surface area contributed by atoms with Crippen molar-refractivity contribution < 1.29 is 8.78 Å². The molecule has 0 aliphatic heterocycles. The lowest BCUT2D eigenvalue weighted by atomic mass is 9.91. The molecule has 2 atom stereocenters. The van der Waals surface area contributed by atoms with Gasteiger partial charge in [0.05, 0.1) is 0 Å². The van der Waals surface area contributed by atoms with Gasteiger partial charge < -0.3 is 5.73 Å². The van der Waals surface area contributed by atoms with E-state index in [1.807, 2.05) is 13.8 Å². The second-order valence-corrected chi connectivity index (χ2v) is 3.93. The summed E-state index contributed by atoms with van der Waals surface area (Å²) in [5.74, 6) is -1.48. The van der Waals surface area contributed by atoms with E-state index >= 15 is 0 Å². The largest absolute Gasteiger partial charge is 0.324 e. The van der Waals surface area contributed by atoms with E-state index < -0.39 is 17.7 Å². The molecular formula is C12H17F2N. The Balaban J connectivity index is 2.90. The Morgan fingerprint density at radius 1 is 1.33 bits per heavy atom. The van der Waals surface area contributed by atoms with Crippen molar-refractivity contribution in [1.29, 1.82) is 0 Å². The highest BCUT2D eigenvalue weighted by atomic mass is 19.2. The molecule has 1 rings (SSSR count). The summed E-state index contributed by atoms with van der Waals surface area (Å²) in [6.45, 7) is 4.00. The lowest BCUT2D eigenvalue weighted by Gasteiger charge is -2.20. The maximum Gasteiger partial charge on any atom is 0.163 e. The topological polar surface area (TPSA) is 26.0 Å². The number of halogens is 2. The van der Waals surface area contributed by atoms with Crippen molar-refractivity contribution >= 4 is 0 Å². The minimum atomic E-state index is -0.827. The first-order chi connectivity index (χ1) is 7.07. The Morgan fingerprint density at radius 3 is 2.60 bits per heavy atom. The molecule has 3 heteroatoms. The molecule has 0 aromatic heterocycles. The molecule has 0 radical (unpaired) electrons. The molecule has 0 aliphatic carbocycles. The number of hydrogen-bond acceptors (Lipinski definition) is 1. The molecule has 0 saturated carbocycles. The number of benzene rings is 1. The minimum absolute atomic E-state index is 0.159. The van der Waals surface area contributed by atoms with Crippen LogP contribution in [-0.4, -0.2) is 0 Å². The van der Waals surface area contributed by atoms with E-state index in [1.54, 1.807) is 6.07 Å². The predicted molar refractivity (Wildman–Crippen MR) is 57.4 cm³/mol. The fourth-order valence-corrected chi connectivity index (χ4v) is 1.72. The van der Waals surface area contributed by atoms with Crippen LogP contribution in [0.15, 0.2) is 18.2 Å². The van der Waals surface area contributed by atoms with Gasteiger partial charge in [-0.1, -0.05) is 32.4 Å². The van der Waals surface area contributed by atoms with Crippen LogP contribution < -0.4 is 5.73 Å². The van der Waals surface area contributed by atoms with Crippen LogP contribution >= 0.6 is 0 Å². The van der Waals surface area contributed by atoms with Crippen LogP contribution in [0.5, 0.6) is 0 Å². The standard InChI is InChI=1S/C12H17F2N/c1-3-5-8(2)12(15)9-6-4-7-10(13)11(9)14/h4,6-8,12H,3,5,15H2,1-2H3. The van der Waals surface area contributed by atoms with Gasteiger partial charge in [0.15, 0.2) is 11.6 Å². The van der Waals surface area contributed by atoms with Crippen LogP contribution in [0, 0.1) is 17.6 Å². The average Bonchev–Trinajstić information content (AvgIpc) is 2.21. The lowest BCUT2D eigenvalue weighted by molar-refractivity contribution is 0.408. The molecule has 2 N–H and O–H groups in total. The molecule has 84 valence electrons. The average molecular weight is 213 g/mol. The zero-order chi connectivity index (χ0) is 11.4. The third kappa shape index (κ3) is 2.75. The van der Waals surface area contributed by atoms with Crippen LogP contribution in [-0.2, 0) is 0 Å². The summed E-state index contributed by atoms with van der Waals surface area (Å²) in [5.41, 5.74) is 6.16. The third-order valence-electron chi connectivity index (χ3n) is 2.70. The predicted octanol–water partition coefficient (Wildman–Crippen LogP) is 3.40. The number of hydrogen-bond donors (Lipinski definition) is 1. The van der Waals surface area contributed by atoms with Gasteiger partial charge >= 0.3 is 0 Å². The van der Waals surface area contributed by atoms with E-state index in [9.17, 15) is 8.78 Å². The maximum atomic E-state index is 13.4. The summed E-state index contributed by atoms with van der Waals surface area (Å²) < 4.78 is 26.4. The molecule has 0 spiro atoms. The molecule has 0 amide bonds. The minimum Gasteiger partial charge on any atom is -0.324 e. The van der Waals surface area contributed by atoms with E-state index in [0.29, 0.717) is 0 Å². The van der Waals surface area contributed by atoms with E-state index in [0.717, 1.165) is 18.9 Å². The van der Waals surface area contributed by atoms with Crippen molar-refractivity contribution in [2.45, 2.75) is 32.7 Å². The first-order valence-electron chi connectivity index (χ1n) is 5.27. The van der Waals surface area contributed by atoms with Gasteiger partial charge in [-0.15, -0.1) is 0 Å². The lowest BCUT2D eigenvalue weighted by Crippen LogP contribution is -2.20. The van der Waals surface area contributed by atoms with E-state index in [2.05, 4.69) is 0 Å². The van der Waals surface area contributed by atoms with Gasteiger partial charge in [-0.25, -0.2) is 8.78 Å². The molecule has 0 heterocycles. The first-order valence-corrected chi connectivity index (χ1v) is 5.27. The Morgan fingerprint density at radius 2 is 2.00 bits per heavy atom. The quantitative estimate of drug-likeness (QED) is 0.815. The molecule has 1 aromatic carbocycles. The highest BCUT2D eigenvalue weighted by molar-refractivity contribution is 5.22. The molecule has 1 aromatic rings. The highest BCUT2D eigenvalue weighted by Crippen LogP contribution is 2.26. The molecule has 0 fully saturated rings. The Labute approximate surface area is 89.3 Å².